The first-order chi connectivity index (χ1) is 9.47. The van der Waals surface area contributed by atoms with Gasteiger partial charge in [-0.1, -0.05) is 23.8 Å². The lowest BCUT2D eigenvalue weighted by Gasteiger charge is -2.19. The highest BCUT2D eigenvalue weighted by molar-refractivity contribution is 7.89. The van der Waals surface area contributed by atoms with Gasteiger partial charge in [0.2, 0.25) is 10.0 Å². The number of sulfonamides is 1. The Morgan fingerprint density at radius 1 is 1.30 bits per heavy atom. The third kappa shape index (κ3) is 3.93. The summed E-state index contributed by atoms with van der Waals surface area (Å²) in [5, 5.41) is 3.50. The fourth-order valence-electron chi connectivity index (χ4n) is 1.75. The molecule has 0 heterocycles. The SMILES string of the molecule is C=CCN(CC=C)S(=O)(=O)c1ccc(Cl)c(CNC)c1. The molecule has 4 nitrogen and oxygen atoms in total. The second-order valence-electron chi connectivity index (χ2n) is 4.18. The van der Waals surface area contributed by atoms with Crippen molar-refractivity contribution in [3.63, 3.8) is 0 Å². The average Bonchev–Trinajstić information content (AvgIpc) is 2.41. The third-order valence-electron chi connectivity index (χ3n) is 2.69. The van der Waals surface area contributed by atoms with E-state index in [2.05, 4.69) is 18.5 Å². The molecular weight excluding hydrogens is 296 g/mol. The molecule has 0 bridgehead atoms. The minimum absolute atomic E-state index is 0.218. The van der Waals surface area contributed by atoms with Gasteiger partial charge in [-0.2, -0.15) is 4.31 Å². The lowest BCUT2D eigenvalue weighted by Crippen LogP contribution is -2.31. The van der Waals surface area contributed by atoms with Crippen molar-refractivity contribution in [3.05, 3.63) is 54.1 Å². The van der Waals surface area contributed by atoms with Crippen molar-refractivity contribution in [1.29, 1.82) is 0 Å². The van der Waals surface area contributed by atoms with Crippen LogP contribution in [0.3, 0.4) is 0 Å². The van der Waals surface area contributed by atoms with Gasteiger partial charge in [-0.05, 0) is 30.8 Å². The zero-order valence-corrected chi connectivity index (χ0v) is 13.0. The summed E-state index contributed by atoms with van der Waals surface area (Å²) in [6.07, 6.45) is 3.09. The van der Waals surface area contributed by atoms with Crippen LogP contribution < -0.4 is 5.32 Å². The first-order valence-electron chi connectivity index (χ1n) is 6.12. The number of hydrogen-bond acceptors (Lipinski definition) is 3. The largest absolute Gasteiger partial charge is 0.316 e. The summed E-state index contributed by atoms with van der Waals surface area (Å²) < 4.78 is 26.4. The average molecular weight is 315 g/mol. The monoisotopic (exact) mass is 314 g/mol. The topological polar surface area (TPSA) is 49.4 Å². The first kappa shape index (κ1) is 16.9. The lowest BCUT2D eigenvalue weighted by atomic mass is 10.2. The van der Waals surface area contributed by atoms with E-state index in [0.717, 1.165) is 5.56 Å². The van der Waals surface area contributed by atoms with E-state index in [9.17, 15) is 8.42 Å². The number of nitrogens with zero attached hydrogens (tertiary/aromatic N) is 1. The summed E-state index contributed by atoms with van der Waals surface area (Å²) in [6.45, 7) is 8.13. The molecule has 0 amide bonds. The van der Waals surface area contributed by atoms with Crippen LogP contribution in [0.5, 0.6) is 0 Å². The Morgan fingerprint density at radius 3 is 2.40 bits per heavy atom. The molecular formula is C14H19ClN2O2S. The number of rotatable bonds is 8. The molecule has 0 saturated carbocycles. The Hall–Kier alpha value is -1.14. The van der Waals surface area contributed by atoms with Crippen LogP contribution in [0.4, 0.5) is 0 Å². The highest BCUT2D eigenvalue weighted by Crippen LogP contribution is 2.23. The molecule has 0 aromatic heterocycles. The molecule has 1 N–H and O–H groups in total. The fraction of sp³-hybridized carbons (Fsp3) is 0.286. The molecule has 1 rings (SSSR count). The maximum absolute atomic E-state index is 12.5. The van der Waals surface area contributed by atoms with Crippen molar-refractivity contribution < 1.29 is 8.42 Å². The molecule has 6 heteroatoms. The normalized spacial score (nSPS) is 11.6. The number of benzene rings is 1. The third-order valence-corrected chi connectivity index (χ3v) is 4.88. The van der Waals surface area contributed by atoms with Crippen molar-refractivity contribution in [2.24, 2.45) is 0 Å². The summed E-state index contributed by atoms with van der Waals surface area (Å²) >= 11 is 6.05. The maximum atomic E-state index is 12.5. The van der Waals surface area contributed by atoms with Gasteiger partial charge < -0.3 is 5.32 Å². The quantitative estimate of drug-likeness (QED) is 0.750. The van der Waals surface area contributed by atoms with E-state index in [0.29, 0.717) is 11.6 Å². The summed E-state index contributed by atoms with van der Waals surface area (Å²) in [5.74, 6) is 0. The van der Waals surface area contributed by atoms with E-state index in [1.165, 1.54) is 10.4 Å². The number of hydrogen-bond donors (Lipinski definition) is 1. The van der Waals surface area contributed by atoms with Gasteiger partial charge in [-0.3, -0.25) is 0 Å². The Bertz CT molecular complexity index is 575. The van der Waals surface area contributed by atoms with Crippen molar-refractivity contribution in [1.82, 2.24) is 9.62 Å². The van der Waals surface area contributed by atoms with Gasteiger partial charge >= 0.3 is 0 Å². The van der Waals surface area contributed by atoms with Gasteiger partial charge in [0, 0.05) is 24.7 Å². The van der Waals surface area contributed by atoms with Gasteiger partial charge in [0.05, 0.1) is 4.90 Å². The summed E-state index contributed by atoms with van der Waals surface area (Å²) in [5.41, 5.74) is 0.743. The number of halogens is 1. The van der Waals surface area contributed by atoms with Crippen molar-refractivity contribution in [2.75, 3.05) is 20.1 Å². The smallest absolute Gasteiger partial charge is 0.243 e. The zero-order chi connectivity index (χ0) is 15.2. The van der Waals surface area contributed by atoms with E-state index < -0.39 is 10.0 Å². The minimum Gasteiger partial charge on any atom is -0.316 e. The predicted molar refractivity (Wildman–Crippen MR) is 83.4 cm³/mol. The molecule has 1 aromatic rings. The maximum Gasteiger partial charge on any atom is 0.243 e. The van der Waals surface area contributed by atoms with Crippen LogP contribution in [-0.4, -0.2) is 32.9 Å². The van der Waals surface area contributed by atoms with Gasteiger partial charge in [-0.25, -0.2) is 8.42 Å². The zero-order valence-electron chi connectivity index (χ0n) is 11.5. The Labute approximate surface area is 125 Å². The van der Waals surface area contributed by atoms with Crippen LogP contribution in [0.15, 0.2) is 48.4 Å². The summed E-state index contributed by atoms with van der Waals surface area (Å²) in [7, 11) is -1.80. The van der Waals surface area contributed by atoms with E-state index in [-0.39, 0.29) is 18.0 Å². The molecule has 0 saturated heterocycles. The Kier molecular flexibility index (Phi) is 6.42. The van der Waals surface area contributed by atoms with Crippen LogP contribution in [0.2, 0.25) is 5.02 Å². The molecule has 0 unspecified atom stereocenters. The lowest BCUT2D eigenvalue weighted by molar-refractivity contribution is 0.474. The molecule has 1 aromatic carbocycles. The molecule has 0 aliphatic carbocycles. The predicted octanol–water partition coefficient (Wildman–Crippen LogP) is 2.42. The van der Waals surface area contributed by atoms with Crippen LogP contribution in [0.1, 0.15) is 5.56 Å². The molecule has 0 aliphatic heterocycles. The number of nitrogens with one attached hydrogen (secondary N) is 1. The van der Waals surface area contributed by atoms with Crippen LogP contribution >= 0.6 is 11.6 Å². The standard InChI is InChI=1S/C14H19ClN2O2S/c1-4-8-17(9-5-2)20(18,19)13-6-7-14(15)12(10-13)11-16-3/h4-7,10,16H,1-2,8-9,11H2,3H3. The van der Waals surface area contributed by atoms with Crippen LogP contribution in [0.25, 0.3) is 0 Å². The van der Waals surface area contributed by atoms with Crippen LogP contribution in [-0.2, 0) is 16.6 Å². The second-order valence-corrected chi connectivity index (χ2v) is 6.53. The van der Waals surface area contributed by atoms with Crippen molar-refractivity contribution in [2.45, 2.75) is 11.4 Å². The summed E-state index contributed by atoms with van der Waals surface area (Å²) in [4.78, 5) is 0.218. The molecule has 0 atom stereocenters. The second kappa shape index (κ2) is 7.59. The highest BCUT2D eigenvalue weighted by atomic mass is 35.5. The van der Waals surface area contributed by atoms with E-state index in [1.54, 1.807) is 31.3 Å². The molecule has 20 heavy (non-hydrogen) atoms. The van der Waals surface area contributed by atoms with Gasteiger partial charge in [0.15, 0.2) is 0 Å². The van der Waals surface area contributed by atoms with Crippen molar-refractivity contribution in [3.8, 4) is 0 Å². The molecule has 110 valence electrons. The van der Waals surface area contributed by atoms with E-state index in [4.69, 9.17) is 11.6 Å². The van der Waals surface area contributed by atoms with Gasteiger partial charge in [0.25, 0.3) is 0 Å². The van der Waals surface area contributed by atoms with E-state index in [1.807, 2.05) is 0 Å². The molecule has 0 spiro atoms. The fourth-order valence-corrected chi connectivity index (χ4v) is 3.36. The van der Waals surface area contributed by atoms with Crippen molar-refractivity contribution >= 4 is 21.6 Å². The van der Waals surface area contributed by atoms with Gasteiger partial charge in [0.1, 0.15) is 0 Å². The van der Waals surface area contributed by atoms with E-state index >= 15 is 0 Å². The molecule has 0 aliphatic rings. The molecule has 0 fully saturated rings. The summed E-state index contributed by atoms with van der Waals surface area (Å²) in [6, 6.07) is 4.70. The highest BCUT2D eigenvalue weighted by Gasteiger charge is 2.23. The molecule has 0 radical (unpaired) electrons. The Balaban J connectivity index is 3.22. The minimum atomic E-state index is -3.58. The van der Waals surface area contributed by atoms with Crippen LogP contribution in [0, 0.1) is 0 Å². The Morgan fingerprint density at radius 2 is 1.90 bits per heavy atom. The first-order valence-corrected chi connectivity index (χ1v) is 7.94. The van der Waals surface area contributed by atoms with Gasteiger partial charge in [-0.15, -0.1) is 13.2 Å².